The molecule has 0 aliphatic carbocycles. The van der Waals surface area contributed by atoms with E-state index in [1.54, 1.807) is 0 Å². The van der Waals surface area contributed by atoms with E-state index in [0.29, 0.717) is 18.9 Å². The average molecular weight is 301 g/mol. The van der Waals surface area contributed by atoms with Crippen LogP contribution in [0.25, 0.3) is 5.78 Å². The first kappa shape index (κ1) is 14.1. The van der Waals surface area contributed by atoms with Gasteiger partial charge in [0, 0.05) is 25.8 Å². The first-order valence-electron chi connectivity index (χ1n) is 6.63. The largest absolute Gasteiger partial charge is 0.433 e. The number of fused-ring (bicyclic) bond motifs is 1. The standard InChI is InChI=1S/C12H14F3N5O/c13-12(14,15)9-5-10(20-11(18-9)16-7-17-20)19-3-1-8(6-21)2-4-19/h5,7-8,21H,1-4,6H2. The molecule has 2 aromatic rings. The zero-order chi connectivity index (χ0) is 15.0. The summed E-state index contributed by atoms with van der Waals surface area (Å²) in [6.07, 6.45) is -1.87. The van der Waals surface area contributed by atoms with E-state index in [9.17, 15) is 13.2 Å². The monoisotopic (exact) mass is 301 g/mol. The Labute approximate surface area is 118 Å². The van der Waals surface area contributed by atoms with Gasteiger partial charge in [-0.15, -0.1) is 0 Å². The highest BCUT2D eigenvalue weighted by Crippen LogP contribution is 2.31. The van der Waals surface area contributed by atoms with Crippen LogP contribution in [0.5, 0.6) is 0 Å². The third-order valence-corrected chi connectivity index (χ3v) is 3.72. The summed E-state index contributed by atoms with van der Waals surface area (Å²) >= 11 is 0. The number of piperidine rings is 1. The van der Waals surface area contributed by atoms with Gasteiger partial charge in [0.25, 0.3) is 5.78 Å². The molecule has 0 bridgehead atoms. The maximum Gasteiger partial charge on any atom is 0.433 e. The summed E-state index contributed by atoms with van der Waals surface area (Å²) in [6, 6.07) is 1.00. The van der Waals surface area contributed by atoms with E-state index >= 15 is 0 Å². The number of aliphatic hydroxyl groups is 1. The van der Waals surface area contributed by atoms with Crippen molar-refractivity contribution in [1.82, 2.24) is 19.6 Å². The molecule has 1 fully saturated rings. The van der Waals surface area contributed by atoms with Crippen LogP contribution in [0.4, 0.5) is 19.0 Å². The number of hydrogen-bond donors (Lipinski definition) is 1. The quantitative estimate of drug-likeness (QED) is 0.907. The molecular weight excluding hydrogens is 287 g/mol. The maximum atomic E-state index is 12.9. The Bertz CT molecular complexity index is 633. The molecule has 2 aromatic heterocycles. The molecule has 0 saturated carbocycles. The van der Waals surface area contributed by atoms with Crippen molar-refractivity contribution in [3.63, 3.8) is 0 Å². The maximum absolute atomic E-state index is 12.9. The number of anilines is 1. The zero-order valence-electron chi connectivity index (χ0n) is 11.1. The van der Waals surface area contributed by atoms with Gasteiger partial charge in [-0.2, -0.15) is 27.8 Å². The molecule has 6 nitrogen and oxygen atoms in total. The van der Waals surface area contributed by atoms with Gasteiger partial charge in [0.2, 0.25) is 0 Å². The van der Waals surface area contributed by atoms with Gasteiger partial charge in [0.1, 0.15) is 12.1 Å². The van der Waals surface area contributed by atoms with Crippen LogP contribution in [0, 0.1) is 5.92 Å². The van der Waals surface area contributed by atoms with Crippen LogP contribution >= 0.6 is 0 Å². The lowest BCUT2D eigenvalue weighted by Gasteiger charge is -2.32. The van der Waals surface area contributed by atoms with Gasteiger partial charge in [-0.25, -0.2) is 4.98 Å². The normalized spacial score (nSPS) is 17.6. The fourth-order valence-electron chi connectivity index (χ4n) is 2.51. The van der Waals surface area contributed by atoms with Gasteiger partial charge in [-0.3, -0.25) is 0 Å². The van der Waals surface area contributed by atoms with Crippen molar-refractivity contribution in [2.24, 2.45) is 5.92 Å². The molecule has 3 heterocycles. The molecule has 0 spiro atoms. The Morgan fingerprint density at radius 2 is 2.00 bits per heavy atom. The van der Waals surface area contributed by atoms with Crippen LogP contribution in [0.2, 0.25) is 0 Å². The molecule has 1 saturated heterocycles. The number of hydrogen-bond acceptors (Lipinski definition) is 5. The van der Waals surface area contributed by atoms with Crippen LogP contribution in [-0.4, -0.2) is 44.4 Å². The van der Waals surface area contributed by atoms with E-state index in [2.05, 4.69) is 15.1 Å². The van der Waals surface area contributed by atoms with E-state index < -0.39 is 11.9 Å². The van der Waals surface area contributed by atoms with Crippen molar-refractivity contribution in [3.05, 3.63) is 18.1 Å². The van der Waals surface area contributed by atoms with Gasteiger partial charge in [0.15, 0.2) is 5.69 Å². The highest BCUT2D eigenvalue weighted by Gasteiger charge is 2.35. The lowest BCUT2D eigenvalue weighted by molar-refractivity contribution is -0.141. The Balaban J connectivity index is 1.99. The van der Waals surface area contributed by atoms with Gasteiger partial charge < -0.3 is 10.0 Å². The molecule has 114 valence electrons. The van der Waals surface area contributed by atoms with Crippen molar-refractivity contribution < 1.29 is 18.3 Å². The molecule has 0 unspecified atom stereocenters. The number of aromatic nitrogens is 4. The van der Waals surface area contributed by atoms with E-state index in [1.807, 2.05) is 4.90 Å². The van der Waals surface area contributed by atoms with Gasteiger partial charge in [0.05, 0.1) is 0 Å². The Morgan fingerprint density at radius 3 is 2.62 bits per heavy atom. The highest BCUT2D eigenvalue weighted by molar-refractivity contribution is 5.48. The molecule has 0 aromatic carbocycles. The van der Waals surface area contributed by atoms with Crippen molar-refractivity contribution in [2.45, 2.75) is 19.0 Å². The average Bonchev–Trinajstić information content (AvgIpc) is 2.94. The second-order valence-electron chi connectivity index (χ2n) is 5.08. The predicted octanol–water partition coefficient (Wildman–Crippen LogP) is 1.35. The second-order valence-corrected chi connectivity index (χ2v) is 5.08. The molecule has 1 aliphatic heterocycles. The number of nitrogens with zero attached hydrogens (tertiary/aromatic N) is 5. The Hall–Kier alpha value is -1.90. The van der Waals surface area contributed by atoms with Crippen LogP contribution < -0.4 is 4.90 Å². The fraction of sp³-hybridized carbons (Fsp3) is 0.583. The van der Waals surface area contributed by atoms with E-state index in [4.69, 9.17) is 5.11 Å². The van der Waals surface area contributed by atoms with Crippen molar-refractivity contribution >= 4 is 11.6 Å². The van der Waals surface area contributed by atoms with Crippen LogP contribution in [0.15, 0.2) is 12.4 Å². The summed E-state index contributed by atoms with van der Waals surface area (Å²) in [5.41, 5.74) is -0.970. The first-order chi connectivity index (χ1) is 9.99. The van der Waals surface area contributed by atoms with Crippen LogP contribution in [-0.2, 0) is 6.18 Å². The molecule has 0 amide bonds. The minimum absolute atomic E-state index is 0.0656. The van der Waals surface area contributed by atoms with E-state index in [1.165, 1.54) is 10.8 Å². The van der Waals surface area contributed by atoms with E-state index in [-0.39, 0.29) is 18.3 Å². The molecular formula is C12H14F3N5O. The molecule has 1 aliphatic rings. The summed E-state index contributed by atoms with van der Waals surface area (Å²) in [7, 11) is 0. The predicted molar refractivity (Wildman–Crippen MR) is 67.8 cm³/mol. The lowest BCUT2D eigenvalue weighted by atomic mass is 9.98. The SMILES string of the molecule is OCC1CCN(c2cc(C(F)(F)F)nc3ncnn23)CC1. The first-order valence-corrected chi connectivity index (χ1v) is 6.63. The zero-order valence-corrected chi connectivity index (χ0v) is 11.1. The topological polar surface area (TPSA) is 66.5 Å². The number of halogens is 3. The number of aliphatic hydroxyl groups excluding tert-OH is 1. The molecule has 1 N–H and O–H groups in total. The molecule has 3 rings (SSSR count). The van der Waals surface area contributed by atoms with Gasteiger partial charge >= 0.3 is 6.18 Å². The van der Waals surface area contributed by atoms with Gasteiger partial charge in [-0.1, -0.05) is 0 Å². The van der Waals surface area contributed by atoms with E-state index in [0.717, 1.165) is 18.9 Å². The van der Waals surface area contributed by atoms with Gasteiger partial charge in [-0.05, 0) is 18.8 Å². The molecule has 0 atom stereocenters. The summed E-state index contributed by atoms with van der Waals surface area (Å²) in [5.74, 6) is 0.474. The summed E-state index contributed by atoms with van der Waals surface area (Å²) in [5, 5.41) is 13.1. The minimum atomic E-state index is -4.52. The number of alkyl halides is 3. The molecule has 21 heavy (non-hydrogen) atoms. The van der Waals surface area contributed by atoms with Crippen molar-refractivity contribution in [2.75, 3.05) is 24.6 Å². The molecule has 0 radical (unpaired) electrons. The minimum Gasteiger partial charge on any atom is -0.396 e. The third kappa shape index (κ3) is 2.65. The van der Waals surface area contributed by atoms with Crippen molar-refractivity contribution in [1.29, 1.82) is 0 Å². The second kappa shape index (κ2) is 5.14. The third-order valence-electron chi connectivity index (χ3n) is 3.72. The Kier molecular flexibility index (Phi) is 3.44. The fourth-order valence-corrected chi connectivity index (χ4v) is 2.51. The highest BCUT2D eigenvalue weighted by atomic mass is 19.4. The summed E-state index contributed by atoms with van der Waals surface area (Å²) in [4.78, 5) is 9.07. The van der Waals surface area contributed by atoms with Crippen molar-refractivity contribution in [3.8, 4) is 0 Å². The lowest BCUT2D eigenvalue weighted by Crippen LogP contribution is -2.36. The van der Waals surface area contributed by atoms with Crippen LogP contribution in [0.1, 0.15) is 18.5 Å². The summed E-state index contributed by atoms with van der Waals surface area (Å²) < 4.78 is 40.1. The Morgan fingerprint density at radius 1 is 1.29 bits per heavy atom. The smallest absolute Gasteiger partial charge is 0.396 e. The molecule has 9 heteroatoms. The number of rotatable bonds is 2. The summed E-state index contributed by atoms with van der Waals surface area (Å²) in [6.45, 7) is 1.25. The van der Waals surface area contributed by atoms with Crippen LogP contribution in [0.3, 0.4) is 0 Å².